The van der Waals surface area contributed by atoms with E-state index in [0.717, 1.165) is 17.8 Å². The number of aryl methyl sites for hydroxylation is 1. The van der Waals surface area contributed by atoms with Crippen LogP contribution < -0.4 is 0 Å². The van der Waals surface area contributed by atoms with Crippen molar-refractivity contribution < 1.29 is 0 Å². The Hall–Kier alpha value is -0.780. The summed E-state index contributed by atoms with van der Waals surface area (Å²) in [6.07, 6.45) is 10.4. The topological polar surface area (TPSA) is 0 Å². The van der Waals surface area contributed by atoms with Crippen LogP contribution in [0.5, 0.6) is 0 Å². The molecule has 1 aromatic rings. The lowest BCUT2D eigenvalue weighted by Crippen LogP contribution is -2.16. The predicted octanol–water partition coefficient (Wildman–Crippen LogP) is 4.45. The maximum atomic E-state index is 2.28. The van der Waals surface area contributed by atoms with Gasteiger partial charge in [-0.15, -0.1) is 0 Å². The van der Waals surface area contributed by atoms with Crippen LogP contribution in [0.2, 0.25) is 0 Å². The van der Waals surface area contributed by atoms with Gasteiger partial charge in [0.05, 0.1) is 0 Å². The molecule has 0 N–H and O–H groups in total. The van der Waals surface area contributed by atoms with E-state index in [-0.39, 0.29) is 0 Å². The summed E-state index contributed by atoms with van der Waals surface area (Å²) >= 11 is 0. The zero-order chi connectivity index (χ0) is 10.8. The van der Waals surface area contributed by atoms with Gasteiger partial charge in [-0.2, -0.15) is 0 Å². The largest absolute Gasteiger partial charge is 0.0622 e. The molecule has 2 unspecified atom stereocenters. The van der Waals surface area contributed by atoms with Crippen LogP contribution in [-0.4, -0.2) is 0 Å². The van der Waals surface area contributed by atoms with Crippen LogP contribution in [0.25, 0.3) is 0 Å². The molecule has 3 rings (SSSR count). The molecule has 2 bridgehead atoms. The minimum absolute atomic E-state index is 1.03. The van der Waals surface area contributed by atoms with Crippen molar-refractivity contribution in [1.29, 1.82) is 0 Å². The third-order valence-corrected chi connectivity index (χ3v) is 4.67. The van der Waals surface area contributed by atoms with Crippen molar-refractivity contribution in [3.05, 3.63) is 35.9 Å². The third-order valence-electron chi connectivity index (χ3n) is 4.67. The standard InChI is InChI=1S/C16H22/c1-2-4-13(5-3-1)6-7-14-10-15-8-9-16(11-14)12-15/h1-5,14-16H,6-12H2. The van der Waals surface area contributed by atoms with Gasteiger partial charge in [-0.3, -0.25) is 0 Å². The zero-order valence-electron chi connectivity index (χ0n) is 10.1. The van der Waals surface area contributed by atoms with Gasteiger partial charge in [0.2, 0.25) is 0 Å². The van der Waals surface area contributed by atoms with Crippen LogP contribution in [0.4, 0.5) is 0 Å². The van der Waals surface area contributed by atoms with E-state index in [0.29, 0.717) is 0 Å². The van der Waals surface area contributed by atoms with Crippen molar-refractivity contribution in [3.63, 3.8) is 0 Å². The molecule has 0 nitrogen and oxygen atoms in total. The lowest BCUT2D eigenvalue weighted by molar-refractivity contribution is 0.249. The molecular weight excluding hydrogens is 192 g/mol. The molecule has 0 heterocycles. The molecule has 0 heteroatoms. The highest BCUT2D eigenvalue weighted by molar-refractivity contribution is 5.14. The SMILES string of the molecule is c1ccc(CCC2CC3CCC(C2)C3)cc1. The summed E-state index contributed by atoms with van der Waals surface area (Å²) in [6.45, 7) is 0. The van der Waals surface area contributed by atoms with Crippen LogP contribution in [0.15, 0.2) is 30.3 Å². The average Bonchev–Trinajstić information content (AvgIpc) is 2.67. The average molecular weight is 214 g/mol. The zero-order valence-corrected chi connectivity index (χ0v) is 10.1. The Kier molecular flexibility index (Phi) is 2.99. The summed E-state index contributed by atoms with van der Waals surface area (Å²) in [5.41, 5.74) is 1.53. The maximum Gasteiger partial charge on any atom is -0.0276 e. The fourth-order valence-corrected chi connectivity index (χ4v) is 3.90. The molecular formula is C16H22. The summed E-state index contributed by atoms with van der Waals surface area (Å²) in [5, 5.41) is 0. The molecule has 0 radical (unpaired) electrons. The second-order valence-corrected chi connectivity index (χ2v) is 5.91. The molecule has 86 valence electrons. The molecule has 2 atom stereocenters. The molecule has 1 aromatic carbocycles. The Labute approximate surface area is 99.1 Å². The highest BCUT2D eigenvalue weighted by Crippen LogP contribution is 2.45. The Balaban J connectivity index is 1.52. The molecule has 0 amide bonds. The maximum absolute atomic E-state index is 2.28. The molecule has 2 aliphatic rings. The Bertz CT molecular complexity index is 315. The van der Waals surface area contributed by atoms with Crippen LogP contribution in [0.1, 0.15) is 44.1 Å². The van der Waals surface area contributed by atoms with Crippen LogP contribution >= 0.6 is 0 Å². The first-order chi connectivity index (χ1) is 7.90. The lowest BCUT2D eigenvalue weighted by Gasteiger charge is -2.27. The summed E-state index contributed by atoms with van der Waals surface area (Å²) < 4.78 is 0. The van der Waals surface area contributed by atoms with Gasteiger partial charge < -0.3 is 0 Å². The van der Waals surface area contributed by atoms with Crippen molar-refractivity contribution in [2.45, 2.75) is 44.9 Å². The molecule has 0 aromatic heterocycles. The van der Waals surface area contributed by atoms with E-state index in [4.69, 9.17) is 0 Å². The lowest BCUT2D eigenvalue weighted by atomic mass is 9.78. The highest BCUT2D eigenvalue weighted by atomic mass is 14.4. The monoisotopic (exact) mass is 214 g/mol. The van der Waals surface area contributed by atoms with Gasteiger partial charge in [-0.25, -0.2) is 0 Å². The first-order valence-corrected chi connectivity index (χ1v) is 6.94. The minimum atomic E-state index is 1.03. The van der Waals surface area contributed by atoms with E-state index in [9.17, 15) is 0 Å². The Morgan fingerprint density at radius 3 is 2.25 bits per heavy atom. The molecule has 2 saturated carbocycles. The van der Waals surface area contributed by atoms with Crippen molar-refractivity contribution in [3.8, 4) is 0 Å². The van der Waals surface area contributed by atoms with E-state index >= 15 is 0 Å². The van der Waals surface area contributed by atoms with Crippen molar-refractivity contribution >= 4 is 0 Å². The second kappa shape index (κ2) is 4.61. The fourth-order valence-electron chi connectivity index (χ4n) is 3.90. The summed E-state index contributed by atoms with van der Waals surface area (Å²) in [5.74, 6) is 3.23. The van der Waals surface area contributed by atoms with Gasteiger partial charge in [0.25, 0.3) is 0 Å². The number of hydrogen-bond donors (Lipinski definition) is 0. The van der Waals surface area contributed by atoms with Crippen LogP contribution in [0.3, 0.4) is 0 Å². The van der Waals surface area contributed by atoms with Crippen molar-refractivity contribution in [2.24, 2.45) is 17.8 Å². The van der Waals surface area contributed by atoms with Gasteiger partial charge in [-0.05, 0) is 55.4 Å². The first kappa shape index (κ1) is 10.4. The van der Waals surface area contributed by atoms with Crippen molar-refractivity contribution in [1.82, 2.24) is 0 Å². The summed E-state index contributed by atoms with van der Waals surface area (Å²) in [4.78, 5) is 0. The predicted molar refractivity (Wildman–Crippen MR) is 68.3 cm³/mol. The summed E-state index contributed by atoms with van der Waals surface area (Å²) in [6, 6.07) is 11.0. The highest BCUT2D eigenvalue weighted by Gasteiger charge is 2.33. The number of hydrogen-bond acceptors (Lipinski definition) is 0. The fraction of sp³-hybridized carbons (Fsp3) is 0.625. The second-order valence-electron chi connectivity index (χ2n) is 5.91. The number of rotatable bonds is 3. The Morgan fingerprint density at radius 2 is 1.56 bits per heavy atom. The van der Waals surface area contributed by atoms with Crippen molar-refractivity contribution in [2.75, 3.05) is 0 Å². The molecule has 0 aliphatic heterocycles. The number of benzene rings is 1. The third kappa shape index (κ3) is 2.31. The van der Waals surface area contributed by atoms with Crippen LogP contribution in [0, 0.1) is 17.8 Å². The van der Waals surface area contributed by atoms with Gasteiger partial charge >= 0.3 is 0 Å². The molecule has 2 aliphatic carbocycles. The first-order valence-electron chi connectivity index (χ1n) is 6.94. The van der Waals surface area contributed by atoms with E-state index in [2.05, 4.69) is 30.3 Å². The van der Waals surface area contributed by atoms with Gasteiger partial charge in [0.1, 0.15) is 0 Å². The molecule has 0 saturated heterocycles. The Morgan fingerprint density at radius 1 is 0.875 bits per heavy atom. The van der Waals surface area contributed by atoms with Gasteiger partial charge in [0, 0.05) is 0 Å². The van der Waals surface area contributed by atoms with Gasteiger partial charge in [-0.1, -0.05) is 43.2 Å². The van der Waals surface area contributed by atoms with E-state index in [1.165, 1.54) is 44.1 Å². The minimum Gasteiger partial charge on any atom is -0.0622 e. The quantitative estimate of drug-likeness (QED) is 0.697. The van der Waals surface area contributed by atoms with E-state index < -0.39 is 0 Å². The van der Waals surface area contributed by atoms with Crippen LogP contribution in [-0.2, 0) is 6.42 Å². The molecule has 16 heavy (non-hydrogen) atoms. The molecule has 0 spiro atoms. The number of fused-ring (bicyclic) bond motifs is 2. The van der Waals surface area contributed by atoms with Gasteiger partial charge in [0.15, 0.2) is 0 Å². The van der Waals surface area contributed by atoms with E-state index in [1.54, 1.807) is 6.42 Å². The summed E-state index contributed by atoms with van der Waals surface area (Å²) in [7, 11) is 0. The smallest absolute Gasteiger partial charge is 0.0276 e. The normalized spacial score (nSPS) is 32.9. The van der Waals surface area contributed by atoms with E-state index in [1.807, 2.05) is 0 Å². The molecule has 2 fully saturated rings.